The standard InChI is InChI=1S/C14H16FNOS/c1-2-10(8-17)6-14-16-13(9-18-14)11-4-3-5-12(15)7-11/h3-5,7,9-10,17H,2,6,8H2,1H3. The van der Waals surface area contributed by atoms with Gasteiger partial charge in [-0.25, -0.2) is 9.37 Å². The van der Waals surface area contributed by atoms with E-state index in [1.807, 2.05) is 11.4 Å². The summed E-state index contributed by atoms with van der Waals surface area (Å²) in [6.45, 7) is 2.24. The van der Waals surface area contributed by atoms with E-state index in [9.17, 15) is 9.50 Å². The molecule has 1 atom stereocenters. The molecule has 0 fully saturated rings. The minimum absolute atomic E-state index is 0.186. The zero-order chi connectivity index (χ0) is 13.0. The fraction of sp³-hybridized carbons (Fsp3) is 0.357. The van der Waals surface area contributed by atoms with Crippen LogP contribution in [0.4, 0.5) is 4.39 Å². The summed E-state index contributed by atoms with van der Waals surface area (Å²) in [4.78, 5) is 4.50. The van der Waals surface area contributed by atoms with Gasteiger partial charge in [0.2, 0.25) is 0 Å². The van der Waals surface area contributed by atoms with Crippen LogP contribution in [-0.2, 0) is 6.42 Å². The topological polar surface area (TPSA) is 33.1 Å². The molecule has 0 saturated heterocycles. The highest BCUT2D eigenvalue weighted by Gasteiger charge is 2.10. The van der Waals surface area contributed by atoms with Crippen molar-refractivity contribution >= 4 is 11.3 Å². The fourth-order valence-corrected chi connectivity index (χ4v) is 2.69. The van der Waals surface area contributed by atoms with E-state index in [0.717, 1.165) is 29.1 Å². The molecule has 96 valence electrons. The third-order valence-corrected chi connectivity index (χ3v) is 3.84. The largest absolute Gasteiger partial charge is 0.396 e. The van der Waals surface area contributed by atoms with Crippen LogP contribution in [-0.4, -0.2) is 16.7 Å². The Kier molecular flexibility index (Phi) is 4.44. The van der Waals surface area contributed by atoms with Crippen molar-refractivity contribution in [1.82, 2.24) is 4.98 Å². The van der Waals surface area contributed by atoms with Gasteiger partial charge in [-0.2, -0.15) is 0 Å². The first-order valence-electron chi connectivity index (χ1n) is 6.04. The molecule has 1 unspecified atom stereocenters. The van der Waals surface area contributed by atoms with Crippen molar-refractivity contribution < 1.29 is 9.50 Å². The van der Waals surface area contributed by atoms with Crippen LogP contribution >= 0.6 is 11.3 Å². The van der Waals surface area contributed by atoms with Crippen LogP contribution in [0.1, 0.15) is 18.4 Å². The number of nitrogens with zero attached hydrogens (tertiary/aromatic N) is 1. The van der Waals surface area contributed by atoms with Crippen molar-refractivity contribution in [2.45, 2.75) is 19.8 Å². The number of aliphatic hydroxyl groups excluding tert-OH is 1. The zero-order valence-corrected chi connectivity index (χ0v) is 11.1. The molecule has 2 aromatic rings. The summed E-state index contributed by atoms with van der Waals surface area (Å²) in [5.41, 5.74) is 1.61. The van der Waals surface area contributed by atoms with Crippen LogP contribution < -0.4 is 0 Å². The van der Waals surface area contributed by atoms with Crippen LogP contribution in [0.5, 0.6) is 0 Å². The third-order valence-electron chi connectivity index (χ3n) is 2.97. The van der Waals surface area contributed by atoms with Gasteiger partial charge in [0, 0.05) is 24.0 Å². The lowest BCUT2D eigenvalue weighted by Gasteiger charge is -2.07. The first-order valence-corrected chi connectivity index (χ1v) is 6.92. The van der Waals surface area contributed by atoms with Gasteiger partial charge in [-0.1, -0.05) is 25.5 Å². The molecule has 4 heteroatoms. The molecule has 1 aromatic heterocycles. The molecule has 1 heterocycles. The fourth-order valence-electron chi connectivity index (χ4n) is 1.77. The van der Waals surface area contributed by atoms with E-state index in [0.29, 0.717) is 0 Å². The third kappa shape index (κ3) is 3.15. The number of halogens is 1. The minimum Gasteiger partial charge on any atom is -0.396 e. The number of benzene rings is 1. The second-order valence-electron chi connectivity index (χ2n) is 4.30. The smallest absolute Gasteiger partial charge is 0.123 e. The second-order valence-corrected chi connectivity index (χ2v) is 5.24. The van der Waals surface area contributed by atoms with E-state index in [1.165, 1.54) is 12.1 Å². The summed E-state index contributed by atoms with van der Waals surface area (Å²) >= 11 is 1.56. The average molecular weight is 265 g/mol. The van der Waals surface area contributed by atoms with Gasteiger partial charge in [0.25, 0.3) is 0 Å². The van der Waals surface area contributed by atoms with E-state index in [4.69, 9.17) is 0 Å². The van der Waals surface area contributed by atoms with E-state index >= 15 is 0 Å². The average Bonchev–Trinajstić information content (AvgIpc) is 2.84. The number of rotatable bonds is 5. The molecule has 0 spiro atoms. The van der Waals surface area contributed by atoms with E-state index in [-0.39, 0.29) is 18.3 Å². The highest BCUT2D eigenvalue weighted by atomic mass is 32.1. The molecule has 18 heavy (non-hydrogen) atoms. The molecule has 1 aromatic carbocycles. The molecule has 0 aliphatic rings. The number of aromatic nitrogens is 1. The Labute approximate surface area is 110 Å². The predicted molar refractivity (Wildman–Crippen MR) is 72.1 cm³/mol. The first kappa shape index (κ1) is 13.2. The normalized spacial score (nSPS) is 12.6. The molecule has 0 radical (unpaired) electrons. The van der Waals surface area contributed by atoms with Gasteiger partial charge < -0.3 is 5.11 Å². The molecule has 2 nitrogen and oxygen atoms in total. The molecule has 0 aliphatic carbocycles. The van der Waals surface area contributed by atoms with Gasteiger partial charge in [0.05, 0.1) is 10.7 Å². The van der Waals surface area contributed by atoms with Gasteiger partial charge in [-0.15, -0.1) is 11.3 Å². The van der Waals surface area contributed by atoms with E-state index in [2.05, 4.69) is 11.9 Å². The van der Waals surface area contributed by atoms with Crippen molar-refractivity contribution in [1.29, 1.82) is 0 Å². The highest BCUT2D eigenvalue weighted by molar-refractivity contribution is 7.09. The van der Waals surface area contributed by atoms with Crippen LogP contribution in [0.15, 0.2) is 29.6 Å². The Morgan fingerprint density at radius 3 is 2.94 bits per heavy atom. The lowest BCUT2D eigenvalue weighted by atomic mass is 10.0. The summed E-state index contributed by atoms with van der Waals surface area (Å²) in [6.07, 6.45) is 1.72. The molecular weight excluding hydrogens is 249 g/mol. The predicted octanol–water partition coefficient (Wildman–Crippen LogP) is 3.51. The summed E-state index contributed by atoms with van der Waals surface area (Å²) < 4.78 is 13.1. The maximum atomic E-state index is 13.1. The first-order chi connectivity index (χ1) is 8.72. The number of hydrogen-bond acceptors (Lipinski definition) is 3. The summed E-state index contributed by atoms with van der Waals surface area (Å²) in [5, 5.41) is 12.1. The van der Waals surface area contributed by atoms with Gasteiger partial charge in [-0.3, -0.25) is 0 Å². The van der Waals surface area contributed by atoms with Crippen LogP contribution in [0.3, 0.4) is 0 Å². The zero-order valence-electron chi connectivity index (χ0n) is 10.3. The van der Waals surface area contributed by atoms with Crippen molar-refractivity contribution in [3.05, 3.63) is 40.5 Å². The Morgan fingerprint density at radius 2 is 2.28 bits per heavy atom. The van der Waals surface area contributed by atoms with Crippen LogP contribution in [0.25, 0.3) is 11.3 Å². The van der Waals surface area contributed by atoms with Crippen molar-refractivity contribution in [3.63, 3.8) is 0 Å². The Bertz CT molecular complexity index is 508. The van der Waals surface area contributed by atoms with Crippen LogP contribution in [0.2, 0.25) is 0 Å². The molecule has 1 N–H and O–H groups in total. The Hall–Kier alpha value is -1.26. The quantitative estimate of drug-likeness (QED) is 0.897. The molecule has 0 bridgehead atoms. The lowest BCUT2D eigenvalue weighted by molar-refractivity contribution is 0.222. The van der Waals surface area contributed by atoms with Gasteiger partial charge in [-0.05, 0) is 18.1 Å². The Balaban J connectivity index is 2.15. The summed E-state index contributed by atoms with van der Waals surface area (Å²) in [7, 11) is 0. The maximum absolute atomic E-state index is 13.1. The van der Waals surface area contributed by atoms with Gasteiger partial charge >= 0.3 is 0 Å². The van der Waals surface area contributed by atoms with Crippen molar-refractivity contribution in [3.8, 4) is 11.3 Å². The highest BCUT2D eigenvalue weighted by Crippen LogP contribution is 2.24. The van der Waals surface area contributed by atoms with Crippen LogP contribution in [0, 0.1) is 11.7 Å². The molecule has 0 aliphatic heterocycles. The molecule has 0 amide bonds. The summed E-state index contributed by atoms with van der Waals surface area (Å²) in [5.74, 6) is 0.0142. The number of hydrogen-bond donors (Lipinski definition) is 1. The minimum atomic E-state index is -0.246. The van der Waals surface area contributed by atoms with E-state index in [1.54, 1.807) is 17.4 Å². The molecule has 2 rings (SSSR count). The van der Waals surface area contributed by atoms with Gasteiger partial charge in [0.15, 0.2) is 0 Å². The number of thiazole rings is 1. The van der Waals surface area contributed by atoms with Crippen molar-refractivity contribution in [2.24, 2.45) is 5.92 Å². The van der Waals surface area contributed by atoms with E-state index < -0.39 is 0 Å². The SMILES string of the molecule is CCC(CO)Cc1nc(-c2cccc(F)c2)cs1. The maximum Gasteiger partial charge on any atom is 0.123 e. The van der Waals surface area contributed by atoms with Gasteiger partial charge in [0.1, 0.15) is 5.82 Å². The summed E-state index contributed by atoms with van der Waals surface area (Å²) in [6, 6.07) is 6.45. The number of aliphatic hydroxyl groups is 1. The Morgan fingerprint density at radius 1 is 1.44 bits per heavy atom. The van der Waals surface area contributed by atoms with Crippen molar-refractivity contribution in [2.75, 3.05) is 6.61 Å². The monoisotopic (exact) mass is 265 g/mol. The second kappa shape index (κ2) is 6.07. The molecular formula is C14H16FNOS. The molecule has 0 saturated carbocycles. The lowest BCUT2D eigenvalue weighted by Crippen LogP contribution is -2.07.